The van der Waals surface area contributed by atoms with E-state index in [9.17, 15) is 4.79 Å². The first-order valence-electron chi connectivity index (χ1n) is 6.96. The molecule has 0 saturated heterocycles. The summed E-state index contributed by atoms with van der Waals surface area (Å²) in [5.41, 5.74) is 2.98. The van der Waals surface area contributed by atoms with Crippen molar-refractivity contribution in [3.8, 4) is 0 Å². The van der Waals surface area contributed by atoms with Crippen molar-refractivity contribution in [1.29, 1.82) is 0 Å². The molecule has 0 bridgehead atoms. The van der Waals surface area contributed by atoms with E-state index in [0.717, 1.165) is 24.4 Å². The zero-order valence-electron chi connectivity index (χ0n) is 11.9. The first-order valence-corrected chi connectivity index (χ1v) is 7.95. The average molecular weight is 286 g/mol. The van der Waals surface area contributed by atoms with Crippen molar-refractivity contribution in [1.82, 2.24) is 5.43 Å². The van der Waals surface area contributed by atoms with Gasteiger partial charge in [-0.3, -0.25) is 15.5 Å². The van der Waals surface area contributed by atoms with Gasteiger partial charge in [-0.2, -0.15) is 0 Å². The molecule has 2 aliphatic rings. The van der Waals surface area contributed by atoms with Crippen LogP contribution in [-0.2, 0) is 9.53 Å². The number of quaternary nitrogens is 1. The Bertz CT molecular complexity index is 362. The molecule has 3 N–H and O–H groups in total. The molecule has 1 aliphatic heterocycles. The maximum Gasteiger partial charge on any atom is 0.279 e. The third-order valence-corrected chi connectivity index (χ3v) is 4.93. The van der Waals surface area contributed by atoms with Crippen molar-refractivity contribution >= 4 is 22.7 Å². The van der Waals surface area contributed by atoms with Crippen LogP contribution in [0.2, 0.25) is 0 Å². The Morgan fingerprint density at radius 1 is 1.53 bits per heavy atom. The number of hydrogen-bond donors (Lipinski definition) is 2. The Morgan fingerprint density at radius 2 is 2.32 bits per heavy atom. The van der Waals surface area contributed by atoms with Crippen LogP contribution in [0.1, 0.15) is 33.1 Å². The molecular weight excluding hydrogens is 262 g/mol. The quantitative estimate of drug-likeness (QED) is 0.791. The Hall–Kier alpha value is -0.590. The van der Waals surface area contributed by atoms with Crippen LogP contribution in [0.25, 0.3) is 0 Å². The maximum atomic E-state index is 12.2. The standard InChI is InChI=1S/C13H23N3O2S/c1-8-6-10(4-5-12(8)18-3)11(17)7-19-13-14-9(2)15-16-13/h8-10,12,15H,4-7H2,1-3H3,(H,14,16)/p+1. The Morgan fingerprint density at radius 3 is 2.89 bits per heavy atom. The third kappa shape index (κ3) is 3.94. The van der Waals surface area contributed by atoms with E-state index in [1.54, 1.807) is 18.9 Å². The van der Waals surface area contributed by atoms with Gasteiger partial charge in [-0.15, -0.1) is 5.10 Å². The topological polar surface area (TPSA) is 67.3 Å². The number of Topliss-reactive ketones (excluding diaryl/α,β-unsaturated/α-hetero) is 1. The molecule has 0 spiro atoms. The number of ether oxygens (including phenoxy) is 1. The van der Waals surface area contributed by atoms with Crippen LogP contribution in [0.15, 0.2) is 5.10 Å². The van der Waals surface area contributed by atoms with Crippen molar-refractivity contribution in [2.45, 2.75) is 45.4 Å². The van der Waals surface area contributed by atoms with Crippen LogP contribution in [0, 0.1) is 11.8 Å². The summed E-state index contributed by atoms with van der Waals surface area (Å²) < 4.78 is 5.44. The van der Waals surface area contributed by atoms with E-state index in [4.69, 9.17) is 4.74 Å². The normalized spacial score (nSPS) is 34.8. The predicted molar refractivity (Wildman–Crippen MR) is 76.7 cm³/mol. The minimum atomic E-state index is 0.210. The number of hydrazone groups is 1. The molecule has 2 rings (SSSR count). The minimum absolute atomic E-state index is 0.210. The third-order valence-electron chi connectivity index (χ3n) is 3.98. The van der Waals surface area contributed by atoms with Gasteiger partial charge in [0.05, 0.1) is 11.9 Å². The summed E-state index contributed by atoms with van der Waals surface area (Å²) in [4.78, 5) is 12.2. The van der Waals surface area contributed by atoms with Gasteiger partial charge in [0.1, 0.15) is 5.78 Å². The monoisotopic (exact) mass is 286 g/mol. The molecule has 4 atom stereocenters. The molecule has 5 nitrogen and oxygen atoms in total. The molecule has 0 aromatic heterocycles. The number of nitrogens with zero attached hydrogens (tertiary/aromatic N) is 1. The van der Waals surface area contributed by atoms with Crippen molar-refractivity contribution < 1.29 is 14.8 Å². The fraction of sp³-hybridized carbons (Fsp3) is 0.846. The van der Waals surface area contributed by atoms with Crippen molar-refractivity contribution in [3.05, 3.63) is 0 Å². The van der Waals surface area contributed by atoms with Crippen molar-refractivity contribution in [2.24, 2.45) is 16.9 Å². The van der Waals surface area contributed by atoms with Gasteiger partial charge in [-0.25, -0.2) is 0 Å². The van der Waals surface area contributed by atoms with Crippen molar-refractivity contribution in [2.75, 3.05) is 12.9 Å². The first kappa shape index (κ1) is 14.8. The van der Waals surface area contributed by atoms with Crippen LogP contribution in [0.5, 0.6) is 0 Å². The van der Waals surface area contributed by atoms with Crippen LogP contribution in [-0.4, -0.2) is 36.1 Å². The van der Waals surface area contributed by atoms with Gasteiger partial charge in [0.15, 0.2) is 6.17 Å². The molecule has 0 amide bonds. The number of carbonyl (C=O) groups is 1. The zero-order valence-corrected chi connectivity index (χ0v) is 12.7. The average Bonchev–Trinajstić information content (AvgIpc) is 2.81. The second-order valence-corrected chi connectivity index (χ2v) is 6.55. The number of ketones is 1. The summed E-state index contributed by atoms with van der Waals surface area (Å²) in [5.74, 6) is 1.59. The number of carbonyl (C=O) groups excluding carboxylic acids is 1. The molecule has 1 aliphatic carbocycles. The first-order chi connectivity index (χ1) is 9.10. The van der Waals surface area contributed by atoms with E-state index in [-0.39, 0.29) is 12.1 Å². The van der Waals surface area contributed by atoms with E-state index in [0.29, 0.717) is 23.6 Å². The summed E-state index contributed by atoms with van der Waals surface area (Å²) in [5, 5.41) is 7.18. The predicted octanol–water partition coefficient (Wildman–Crippen LogP) is 0.524. The molecule has 1 fully saturated rings. The van der Waals surface area contributed by atoms with Crippen LogP contribution >= 0.6 is 11.8 Å². The SMILES string of the molecule is COC1CCC(C(=O)CSC2=NNC(C)[NH2+]2)CC1C. The van der Waals surface area contributed by atoms with Gasteiger partial charge >= 0.3 is 0 Å². The molecule has 1 heterocycles. The fourth-order valence-corrected chi connectivity index (χ4v) is 3.75. The molecule has 0 radical (unpaired) electrons. The highest BCUT2D eigenvalue weighted by molar-refractivity contribution is 8.13. The van der Waals surface area contributed by atoms with Gasteiger partial charge in [-0.05, 0) is 36.9 Å². The fourth-order valence-electron chi connectivity index (χ4n) is 2.81. The summed E-state index contributed by atoms with van der Waals surface area (Å²) in [7, 11) is 1.77. The lowest BCUT2D eigenvalue weighted by atomic mass is 9.79. The highest BCUT2D eigenvalue weighted by Gasteiger charge is 2.31. The lowest BCUT2D eigenvalue weighted by Gasteiger charge is -2.32. The number of nitrogens with one attached hydrogen (secondary N) is 1. The highest BCUT2D eigenvalue weighted by atomic mass is 32.2. The number of hydrogen-bond acceptors (Lipinski definition) is 5. The molecule has 0 aromatic carbocycles. The van der Waals surface area contributed by atoms with E-state index in [1.807, 2.05) is 6.92 Å². The Balaban J connectivity index is 1.75. The van der Waals surface area contributed by atoms with Crippen LogP contribution in [0.3, 0.4) is 0 Å². The molecular formula is C13H24N3O2S+. The molecule has 19 heavy (non-hydrogen) atoms. The summed E-state index contributed by atoms with van der Waals surface area (Å²) in [6.45, 7) is 4.23. The van der Waals surface area contributed by atoms with E-state index in [1.165, 1.54) is 0 Å². The molecule has 1 saturated carbocycles. The largest absolute Gasteiger partial charge is 0.381 e. The molecule has 4 unspecified atom stereocenters. The van der Waals surface area contributed by atoms with Crippen LogP contribution < -0.4 is 10.7 Å². The highest BCUT2D eigenvalue weighted by Crippen LogP contribution is 2.31. The van der Waals surface area contributed by atoms with Gasteiger partial charge in [0.2, 0.25) is 0 Å². The van der Waals surface area contributed by atoms with Gasteiger partial charge in [0, 0.05) is 20.0 Å². The second kappa shape index (κ2) is 6.72. The second-order valence-electron chi connectivity index (χ2n) is 5.55. The molecule has 6 heteroatoms. The van der Waals surface area contributed by atoms with Gasteiger partial charge in [-0.1, -0.05) is 6.92 Å². The summed E-state index contributed by atoms with van der Waals surface area (Å²) in [6.07, 6.45) is 3.55. The zero-order chi connectivity index (χ0) is 13.8. The van der Waals surface area contributed by atoms with Crippen LogP contribution in [0.4, 0.5) is 0 Å². The number of thioether (sulfide) groups is 1. The van der Waals surface area contributed by atoms with Gasteiger partial charge in [0.25, 0.3) is 5.17 Å². The van der Waals surface area contributed by atoms with Crippen molar-refractivity contribution in [3.63, 3.8) is 0 Å². The molecule has 0 aromatic rings. The Kier molecular flexibility index (Phi) is 5.24. The lowest BCUT2D eigenvalue weighted by molar-refractivity contribution is -0.567. The number of rotatable bonds is 4. The Labute approximate surface area is 118 Å². The number of methoxy groups -OCH3 is 1. The van der Waals surface area contributed by atoms with Gasteiger partial charge < -0.3 is 4.74 Å². The smallest absolute Gasteiger partial charge is 0.279 e. The molecule has 108 valence electrons. The van der Waals surface area contributed by atoms with E-state index < -0.39 is 0 Å². The maximum absolute atomic E-state index is 12.2. The van der Waals surface area contributed by atoms with E-state index >= 15 is 0 Å². The number of amidine groups is 1. The number of nitrogens with two attached hydrogens (primary N) is 1. The summed E-state index contributed by atoms with van der Waals surface area (Å²) >= 11 is 1.55. The lowest BCUT2D eigenvalue weighted by Crippen LogP contribution is -2.91. The van der Waals surface area contributed by atoms with E-state index in [2.05, 4.69) is 22.8 Å². The summed E-state index contributed by atoms with van der Waals surface area (Å²) in [6, 6.07) is 0. The minimum Gasteiger partial charge on any atom is -0.381 e.